The molecule has 1 aromatic rings. The van der Waals surface area contributed by atoms with Gasteiger partial charge in [0, 0.05) is 19.7 Å². The third kappa shape index (κ3) is 5.39. The largest absolute Gasteiger partial charge is 0.381 e. The molecule has 0 heterocycles. The highest BCUT2D eigenvalue weighted by Gasteiger charge is 2.22. The van der Waals surface area contributed by atoms with Crippen molar-refractivity contribution in [1.29, 1.82) is 0 Å². The Morgan fingerprint density at radius 1 is 1.27 bits per heavy atom. The molecule has 1 amide bonds. The van der Waals surface area contributed by atoms with Crippen molar-refractivity contribution >= 4 is 5.91 Å². The number of ether oxygens (including phenoxy) is 1. The van der Waals surface area contributed by atoms with Gasteiger partial charge in [0.2, 0.25) is 5.91 Å². The van der Waals surface area contributed by atoms with Gasteiger partial charge in [0.1, 0.15) is 5.82 Å². The Morgan fingerprint density at radius 2 is 1.91 bits per heavy atom. The second kappa shape index (κ2) is 8.25. The number of carbonyl (C=O) groups is 1. The first-order chi connectivity index (χ1) is 10.6. The normalized spacial score (nSPS) is 21.8. The number of likely N-dealkylation sites (N-methyl/N-ethyl adjacent to an activating group) is 1. The summed E-state index contributed by atoms with van der Waals surface area (Å²) in [4.78, 5) is 14.0. The number of halogens is 1. The standard InChI is InChI=1S/C17H25FN2O2/c1-20(11-13-3-5-14(18)6-4-13)12-17(21)19-15-7-9-16(22-2)10-8-15/h3-6,15-16H,7-12H2,1-2H3,(H,19,21). The van der Waals surface area contributed by atoms with Crippen molar-refractivity contribution in [2.75, 3.05) is 20.7 Å². The minimum atomic E-state index is -0.240. The maximum absolute atomic E-state index is 12.9. The van der Waals surface area contributed by atoms with E-state index in [2.05, 4.69) is 5.32 Å². The smallest absolute Gasteiger partial charge is 0.234 e. The summed E-state index contributed by atoms with van der Waals surface area (Å²) in [5, 5.41) is 3.09. The lowest BCUT2D eigenvalue weighted by atomic mass is 9.93. The lowest BCUT2D eigenvalue weighted by molar-refractivity contribution is -0.123. The van der Waals surface area contributed by atoms with Crippen molar-refractivity contribution < 1.29 is 13.9 Å². The maximum Gasteiger partial charge on any atom is 0.234 e. The number of rotatable bonds is 6. The zero-order chi connectivity index (χ0) is 15.9. The van der Waals surface area contributed by atoms with Crippen LogP contribution in [-0.4, -0.2) is 43.7 Å². The lowest BCUT2D eigenvalue weighted by Gasteiger charge is -2.28. The first-order valence-corrected chi connectivity index (χ1v) is 7.82. The zero-order valence-electron chi connectivity index (χ0n) is 13.3. The Kier molecular flexibility index (Phi) is 6.34. The van der Waals surface area contributed by atoms with Gasteiger partial charge < -0.3 is 10.1 Å². The molecule has 4 nitrogen and oxygen atoms in total. The van der Waals surface area contributed by atoms with Crippen LogP contribution in [0.15, 0.2) is 24.3 Å². The van der Waals surface area contributed by atoms with Gasteiger partial charge in [-0.2, -0.15) is 0 Å². The molecule has 1 N–H and O–H groups in total. The van der Waals surface area contributed by atoms with Gasteiger partial charge >= 0.3 is 0 Å². The fourth-order valence-corrected chi connectivity index (χ4v) is 2.92. The first-order valence-electron chi connectivity index (χ1n) is 7.82. The molecule has 1 aliphatic carbocycles. The monoisotopic (exact) mass is 308 g/mol. The molecule has 0 atom stereocenters. The highest BCUT2D eigenvalue weighted by atomic mass is 19.1. The molecule has 0 saturated heterocycles. The summed E-state index contributed by atoms with van der Waals surface area (Å²) in [6, 6.07) is 6.64. The Morgan fingerprint density at radius 3 is 2.50 bits per heavy atom. The van der Waals surface area contributed by atoms with Gasteiger partial charge in [-0.3, -0.25) is 9.69 Å². The van der Waals surface area contributed by atoms with Gasteiger partial charge in [0.15, 0.2) is 0 Å². The molecule has 2 rings (SSSR count). The van der Waals surface area contributed by atoms with E-state index in [0.717, 1.165) is 31.2 Å². The number of hydrogen-bond acceptors (Lipinski definition) is 3. The Bertz CT molecular complexity index is 470. The molecule has 0 unspecified atom stereocenters. The van der Waals surface area contributed by atoms with E-state index in [1.165, 1.54) is 12.1 Å². The molecule has 22 heavy (non-hydrogen) atoms. The van der Waals surface area contributed by atoms with Crippen LogP contribution in [0.3, 0.4) is 0 Å². The van der Waals surface area contributed by atoms with Gasteiger partial charge in [-0.25, -0.2) is 4.39 Å². The van der Waals surface area contributed by atoms with E-state index in [0.29, 0.717) is 19.2 Å². The molecule has 5 heteroatoms. The molecule has 0 radical (unpaired) electrons. The van der Waals surface area contributed by atoms with E-state index in [1.54, 1.807) is 19.2 Å². The summed E-state index contributed by atoms with van der Waals surface area (Å²) in [5.74, 6) is -0.193. The maximum atomic E-state index is 12.9. The Hall–Kier alpha value is -1.46. The first kappa shape index (κ1) is 16.9. The molecule has 0 spiro atoms. The predicted molar refractivity (Wildman–Crippen MR) is 83.9 cm³/mol. The molecular formula is C17H25FN2O2. The van der Waals surface area contributed by atoms with E-state index < -0.39 is 0 Å². The molecule has 1 fully saturated rings. The van der Waals surface area contributed by atoms with Crippen LogP contribution in [-0.2, 0) is 16.1 Å². The second-order valence-corrected chi connectivity index (χ2v) is 6.08. The molecule has 122 valence electrons. The molecule has 0 bridgehead atoms. The number of amides is 1. The van der Waals surface area contributed by atoms with E-state index in [4.69, 9.17) is 4.74 Å². The minimum absolute atomic E-state index is 0.0467. The molecule has 1 saturated carbocycles. The van der Waals surface area contributed by atoms with E-state index in [-0.39, 0.29) is 17.8 Å². The van der Waals surface area contributed by atoms with Crippen LogP contribution in [0.5, 0.6) is 0 Å². The van der Waals surface area contributed by atoms with E-state index in [9.17, 15) is 9.18 Å². The third-order valence-electron chi connectivity index (χ3n) is 4.15. The predicted octanol–water partition coefficient (Wildman–Crippen LogP) is 2.33. The summed E-state index contributed by atoms with van der Waals surface area (Å²) in [7, 11) is 3.64. The van der Waals surface area contributed by atoms with Crippen LogP contribution in [0.2, 0.25) is 0 Å². The molecule has 1 aromatic carbocycles. The van der Waals surface area contributed by atoms with Crippen LogP contribution in [0.25, 0.3) is 0 Å². The summed E-state index contributed by atoms with van der Waals surface area (Å²) in [5.41, 5.74) is 0.998. The second-order valence-electron chi connectivity index (χ2n) is 6.08. The van der Waals surface area contributed by atoms with Crippen molar-refractivity contribution in [1.82, 2.24) is 10.2 Å². The van der Waals surface area contributed by atoms with Gasteiger partial charge in [-0.1, -0.05) is 12.1 Å². The van der Waals surface area contributed by atoms with E-state index >= 15 is 0 Å². The highest BCUT2D eigenvalue weighted by Crippen LogP contribution is 2.20. The fraction of sp³-hybridized carbons (Fsp3) is 0.588. The SMILES string of the molecule is COC1CCC(NC(=O)CN(C)Cc2ccc(F)cc2)CC1. The van der Waals surface area contributed by atoms with Gasteiger partial charge in [0.05, 0.1) is 12.6 Å². The summed E-state index contributed by atoms with van der Waals surface area (Å²) < 4.78 is 18.2. The van der Waals surface area contributed by atoms with Crippen LogP contribution in [0.1, 0.15) is 31.2 Å². The number of nitrogens with one attached hydrogen (secondary N) is 1. The number of nitrogens with zero attached hydrogens (tertiary/aromatic N) is 1. The van der Waals surface area contributed by atoms with E-state index in [1.807, 2.05) is 11.9 Å². The average molecular weight is 308 g/mol. The molecule has 0 aromatic heterocycles. The van der Waals surface area contributed by atoms with Crippen LogP contribution < -0.4 is 5.32 Å². The number of benzene rings is 1. The van der Waals surface area contributed by atoms with Gasteiger partial charge in [-0.05, 0) is 50.4 Å². The van der Waals surface area contributed by atoms with Crippen LogP contribution in [0.4, 0.5) is 4.39 Å². The lowest BCUT2D eigenvalue weighted by Crippen LogP contribution is -2.43. The van der Waals surface area contributed by atoms with Crippen molar-refractivity contribution in [2.45, 2.75) is 44.4 Å². The van der Waals surface area contributed by atoms with Gasteiger partial charge in [-0.15, -0.1) is 0 Å². The number of hydrogen-bond donors (Lipinski definition) is 1. The molecule has 0 aliphatic heterocycles. The van der Waals surface area contributed by atoms with Crippen LogP contribution >= 0.6 is 0 Å². The quantitative estimate of drug-likeness (QED) is 0.877. The third-order valence-corrected chi connectivity index (χ3v) is 4.15. The number of methoxy groups -OCH3 is 1. The van der Waals surface area contributed by atoms with Crippen molar-refractivity contribution in [3.8, 4) is 0 Å². The van der Waals surface area contributed by atoms with Crippen molar-refractivity contribution in [2.24, 2.45) is 0 Å². The Balaban J connectivity index is 1.71. The van der Waals surface area contributed by atoms with Crippen molar-refractivity contribution in [3.05, 3.63) is 35.6 Å². The summed E-state index contributed by atoms with van der Waals surface area (Å²) >= 11 is 0. The van der Waals surface area contributed by atoms with Gasteiger partial charge in [0.25, 0.3) is 0 Å². The molecular weight excluding hydrogens is 283 g/mol. The summed E-state index contributed by atoms with van der Waals surface area (Å²) in [6.45, 7) is 0.978. The summed E-state index contributed by atoms with van der Waals surface area (Å²) in [6.07, 6.45) is 4.31. The Labute approximate surface area is 131 Å². The zero-order valence-corrected chi connectivity index (χ0v) is 13.3. The molecule has 1 aliphatic rings. The van der Waals surface area contributed by atoms with Crippen molar-refractivity contribution in [3.63, 3.8) is 0 Å². The topological polar surface area (TPSA) is 41.6 Å². The minimum Gasteiger partial charge on any atom is -0.381 e. The average Bonchev–Trinajstić information content (AvgIpc) is 2.50. The van der Waals surface area contributed by atoms with Crippen LogP contribution in [0, 0.1) is 5.82 Å². The highest BCUT2D eigenvalue weighted by molar-refractivity contribution is 5.78. The fourth-order valence-electron chi connectivity index (χ4n) is 2.92. The number of carbonyl (C=O) groups excluding carboxylic acids is 1.